The summed E-state index contributed by atoms with van der Waals surface area (Å²) < 4.78 is 10.6. The molecule has 0 unspecified atom stereocenters. The van der Waals surface area contributed by atoms with Gasteiger partial charge in [0.2, 0.25) is 0 Å². The summed E-state index contributed by atoms with van der Waals surface area (Å²) in [6.45, 7) is 4.09. The Balaban J connectivity index is 3.61. The Labute approximate surface area is 303 Å². The lowest BCUT2D eigenvalue weighted by molar-refractivity contribution is -0.161. The molecule has 0 amide bonds. The molecule has 5 nitrogen and oxygen atoms in total. The van der Waals surface area contributed by atoms with Gasteiger partial charge in [-0.2, -0.15) is 0 Å². The summed E-state index contributed by atoms with van der Waals surface area (Å²) in [6.07, 6.45) is 50.3. The maximum atomic E-state index is 12.2. The zero-order valence-electron chi connectivity index (χ0n) is 32.2. The van der Waals surface area contributed by atoms with E-state index in [2.05, 4.69) is 62.5 Å². The van der Waals surface area contributed by atoms with Crippen LogP contribution in [0.2, 0.25) is 0 Å². The Morgan fingerprint density at radius 2 is 0.816 bits per heavy atom. The summed E-state index contributed by atoms with van der Waals surface area (Å²) in [5.74, 6) is -0.623. The van der Waals surface area contributed by atoms with Gasteiger partial charge in [0.05, 0.1) is 6.61 Å². The van der Waals surface area contributed by atoms with Crippen molar-refractivity contribution in [1.82, 2.24) is 0 Å². The first kappa shape index (κ1) is 46.9. The van der Waals surface area contributed by atoms with Gasteiger partial charge in [-0.25, -0.2) is 0 Å². The molecule has 49 heavy (non-hydrogen) atoms. The molecule has 0 aliphatic rings. The van der Waals surface area contributed by atoms with E-state index < -0.39 is 6.10 Å². The molecule has 0 rings (SSSR count). The lowest BCUT2D eigenvalue weighted by Gasteiger charge is -2.15. The van der Waals surface area contributed by atoms with Crippen LogP contribution in [-0.2, 0) is 19.1 Å². The molecule has 0 aromatic carbocycles. The SMILES string of the molecule is CCCCC/C=C\C/C=C\C/C=C\C/C=C\CCCCCC(=O)O[C@@H](CO)COC(=O)CCCCCCCCCCCCCCCCCC. The summed E-state index contributed by atoms with van der Waals surface area (Å²) in [4.78, 5) is 24.3. The average molecular weight is 687 g/mol. The second kappa shape index (κ2) is 40.3. The fraction of sp³-hybridized carbons (Fsp3) is 0.773. The molecule has 0 bridgehead atoms. The highest BCUT2D eigenvalue weighted by Gasteiger charge is 2.16. The minimum atomic E-state index is -0.786. The van der Waals surface area contributed by atoms with Crippen LogP contribution in [0.25, 0.3) is 0 Å². The van der Waals surface area contributed by atoms with Crippen LogP contribution in [0.15, 0.2) is 48.6 Å². The summed E-state index contributed by atoms with van der Waals surface area (Å²) in [7, 11) is 0. The van der Waals surface area contributed by atoms with Gasteiger partial charge in [-0.1, -0.05) is 178 Å². The van der Waals surface area contributed by atoms with Crippen molar-refractivity contribution in [3.8, 4) is 0 Å². The number of rotatable bonds is 37. The van der Waals surface area contributed by atoms with Crippen molar-refractivity contribution < 1.29 is 24.2 Å². The van der Waals surface area contributed by atoms with Gasteiger partial charge in [-0.3, -0.25) is 9.59 Å². The van der Waals surface area contributed by atoms with Crippen LogP contribution in [0.4, 0.5) is 0 Å². The Kier molecular flexibility index (Phi) is 38.5. The number of hydrogen-bond donors (Lipinski definition) is 1. The van der Waals surface area contributed by atoms with Crippen LogP contribution in [-0.4, -0.2) is 36.4 Å². The minimum absolute atomic E-state index is 0.0774. The highest BCUT2D eigenvalue weighted by molar-refractivity contribution is 5.70. The van der Waals surface area contributed by atoms with Crippen LogP contribution in [0.1, 0.15) is 200 Å². The zero-order valence-corrected chi connectivity index (χ0v) is 32.2. The van der Waals surface area contributed by atoms with Crippen molar-refractivity contribution in [3.63, 3.8) is 0 Å². The molecule has 5 heteroatoms. The number of aliphatic hydroxyl groups is 1. The third-order valence-electron chi connectivity index (χ3n) is 8.88. The smallest absolute Gasteiger partial charge is 0.306 e. The lowest BCUT2D eigenvalue weighted by atomic mass is 10.0. The van der Waals surface area contributed by atoms with Crippen molar-refractivity contribution >= 4 is 11.9 Å². The lowest BCUT2D eigenvalue weighted by Crippen LogP contribution is -2.28. The van der Waals surface area contributed by atoms with Crippen molar-refractivity contribution in [3.05, 3.63) is 48.6 Å². The Bertz CT molecular complexity index is 827. The van der Waals surface area contributed by atoms with Gasteiger partial charge < -0.3 is 14.6 Å². The predicted molar refractivity (Wildman–Crippen MR) is 210 cm³/mol. The topological polar surface area (TPSA) is 72.8 Å². The van der Waals surface area contributed by atoms with Crippen molar-refractivity contribution in [1.29, 1.82) is 0 Å². The summed E-state index contributed by atoms with van der Waals surface area (Å²) >= 11 is 0. The molecule has 1 N–H and O–H groups in total. The van der Waals surface area contributed by atoms with E-state index in [1.807, 2.05) is 0 Å². The standard InChI is InChI=1S/C44H78O5/c1-3-5-7-9-11-13-15-17-19-21-22-23-25-27-29-31-33-35-37-39-44(47)49-42(40-45)41-48-43(46)38-36-34-32-30-28-26-24-20-18-16-14-12-10-8-6-4-2/h11,13,17,19,22-23,27,29,42,45H,3-10,12,14-16,18,20-21,24-26,28,30-41H2,1-2H3/b13-11-,19-17-,23-22-,29-27-/t42-/m0/s1. The monoisotopic (exact) mass is 687 g/mol. The third kappa shape index (κ3) is 38.5. The van der Waals surface area contributed by atoms with Crippen molar-refractivity contribution in [2.45, 2.75) is 206 Å². The van der Waals surface area contributed by atoms with E-state index in [1.54, 1.807) is 0 Å². The molecule has 0 aromatic rings. The molecule has 284 valence electrons. The molecule has 0 spiro atoms. The molecule has 1 atom stereocenters. The van der Waals surface area contributed by atoms with Crippen LogP contribution in [0, 0.1) is 0 Å². The van der Waals surface area contributed by atoms with E-state index in [9.17, 15) is 14.7 Å². The number of aliphatic hydroxyl groups excluding tert-OH is 1. The molecule has 0 aromatic heterocycles. The average Bonchev–Trinajstić information content (AvgIpc) is 3.10. The highest BCUT2D eigenvalue weighted by Crippen LogP contribution is 2.14. The number of allylic oxidation sites excluding steroid dienone is 8. The fourth-order valence-electron chi connectivity index (χ4n) is 5.71. The van der Waals surface area contributed by atoms with Crippen molar-refractivity contribution in [2.24, 2.45) is 0 Å². The fourth-order valence-corrected chi connectivity index (χ4v) is 5.71. The van der Waals surface area contributed by atoms with E-state index >= 15 is 0 Å². The summed E-state index contributed by atoms with van der Waals surface area (Å²) in [6, 6.07) is 0. The Hall–Kier alpha value is -2.14. The molecule has 0 aliphatic heterocycles. The van der Waals surface area contributed by atoms with Gasteiger partial charge in [0.1, 0.15) is 6.61 Å². The van der Waals surface area contributed by atoms with Crippen LogP contribution >= 0.6 is 0 Å². The van der Waals surface area contributed by atoms with Crippen LogP contribution in [0.5, 0.6) is 0 Å². The molecule has 0 fully saturated rings. The normalized spacial score (nSPS) is 12.6. The number of hydrogen-bond acceptors (Lipinski definition) is 5. The summed E-state index contributed by atoms with van der Waals surface area (Å²) in [5, 5.41) is 9.56. The number of esters is 2. The van der Waals surface area contributed by atoms with Gasteiger partial charge in [0, 0.05) is 12.8 Å². The molecule has 0 aliphatic carbocycles. The largest absolute Gasteiger partial charge is 0.462 e. The molecule has 0 heterocycles. The first-order valence-corrected chi connectivity index (χ1v) is 20.7. The third-order valence-corrected chi connectivity index (χ3v) is 8.88. The van der Waals surface area contributed by atoms with E-state index in [1.165, 1.54) is 109 Å². The number of unbranched alkanes of at least 4 members (excludes halogenated alkanes) is 21. The maximum Gasteiger partial charge on any atom is 0.306 e. The van der Waals surface area contributed by atoms with E-state index in [-0.39, 0.29) is 25.2 Å². The molecular formula is C44H78O5. The zero-order chi connectivity index (χ0) is 35.7. The van der Waals surface area contributed by atoms with Crippen LogP contribution < -0.4 is 0 Å². The quantitative estimate of drug-likeness (QED) is 0.0400. The molecule has 0 radical (unpaired) electrons. The van der Waals surface area contributed by atoms with Gasteiger partial charge >= 0.3 is 11.9 Å². The maximum absolute atomic E-state index is 12.2. The van der Waals surface area contributed by atoms with Gasteiger partial charge in [0.25, 0.3) is 0 Å². The highest BCUT2D eigenvalue weighted by atomic mass is 16.6. The van der Waals surface area contributed by atoms with Gasteiger partial charge in [0.15, 0.2) is 6.10 Å². The number of ether oxygens (including phenoxy) is 2. The number of carbonyl (C=O) groups excluding carboxylic acids is 2. The second-order valence-corrected chi connectivity index (χ2v) is 13.7. The van der Waals surface area contributed by atoms with Gasteiger partial charge in [-0.15, -0.1) is 0 Å². The molecule has 0 saturated heterocycles. The van der Waals surface area contributed by atoms with E-state index in [0.29, 0.717) is 12.8 Å². The Morgan fingerprint density at radius 1 is 0.469 bits per heavy atom. The van der Waals surface area contributed by atoms with E-state index in [4.69, 9.17) is 9.47 Å². The summed E-state index contributed by atoms with van der Waals surface area (Å²) in [5.41, 5.74) is 0. The van der Waals surface area contributed by atoms with Crippen LogP contribution in [0.3, 0.4) is 0 Å². The Morgan fingerprint density at radius 3 is 1.27 bits per heavy atom. The number of carbonyl (C=O) groups is 2. The van der Waals surface area contributed by atoms with E-state index in [0.717, 1.165) is 64.2 Å². The molecular weight excluding hydrogens is 608 g/mol. The second-order valence-electron chi connectivity index (χ2n) is 13.7. The first-order chi connectivity index (χ1) is 24.1. The molecule has 0 saturated carbocycles. The first-order valence-electron chi connectivity index (χ1n) is 20.7. The van der Waals surface area contributed by atoms with Gasteiger partial charge in [-0.05, 0) is 57.8 Å². The predicted octanol–water partition coefficient (Wildman–Crippen LogP) is 13.0. The van der Waals surface area contributed by atoms with Crippen molar-refractivity contribution in [2.75, 3.05) is 13.2 Å². The minimum Gasteiger partial charge on any atom is -0.462 e.